The fourth-order valence-electron chi connectivity index (χ4n) is 4.93. The van der Waals surface area contributed by atoms with Gasteiger partial charge in [0.15, 0.2) is 0 Å². The van der Waals surface area contributed by atoms with Crippen molar-refractivity contribution in [2.75, 3.05) is 12.3 Å². The molecule has 0 fully saturated rings. The van der Waals surface area contributed by atoms with Crippen LogP contribution in [0.15, 0.2) is 36.4 Å². The van der Waals surface area contributed by atoms with Crippen LogP contribution in [0.4, 0.5) is 10.3 Å². The average Bonchev–Trinajstić information content (AvgIpc) is 3.28. The standard InChI is InChI=1S/C27H28FN5O5/c1-14-9-16(3-7-21(14)28)11-30-25(36)22-10-17(31-27(29)32-22)12-33(13-24(34)35)23-8-6-18-15(2)19(26(37)38)4-5-20(18)23/h3-5,7,9-10,23H,6,8,11-13H2,1-2H3,(H,30,36)(H,34,35)(H,37,38)(H2,29,31,32). The number of fused-ring (bicyclic) bond motifs is 1. The number of aliphatic carboxylic acids is 1. The average molecular weight is 522 g/mol. The summed E-state index contributed by atoms with van der Waals surface area (Å²) < 4.78 is 13.5. The number of aromatic nitrogens is 2. The molecule has 1 aliphatic carbocycles. The highest BCUT2D eigenvalue weighted by Crippen LogP contribution is 2.39. The van der Waals surface area contributed by atoms with E-state index in [2.05, 4.69) is 15.3 Å². The minimum atomic E-state index is -1.04. The number of hydrogen-bond acceptors (Lipinski definition) is 7. The number of carbonyl (C=O) groups is 3. The summed E-state index contributed by atoms with van der Waals surface area (Å²) in [4.78, 5) is 46.0. The second-order valence-corrected chi connectivity index (χ2v) is 9.33. The molecular formula is C27H28FN5O5. The Morgan fingerprint density at radius 3 is 2.58 bits per heavy atom. The number of carboxylic acids is 2. The van der Waals surface area contributed by atoms with Gasteiger partial charge in [-0.15, -0.1) is 0 Å². The number of nitrogen functional groups attached to an aromatic ring is 1. The Balaban J connectivity index is 1.55. The molecule has 1 aromatic heterocycles. The predicted molar refractivity (Wildman–Crippen MR) is 136 cm³/mol. The summed E-state index contributed by atoms with van der Waals surface area (Å²) in [5.74, 6) is -3.01. The zero-order chi connectivity index (χ0) is 27.6. The number of anilines is 1. The highest BCUT2D eigenvalue weighted by Gasteiger charge is 2.32. The molecule has 0 radical (unpaired) electrons. The van der Waals surface area contributed by atoms with E-state index >= 15 is 0 Å². The van der Waals surface area contributed by atoms with Crippen molar-refractivity contribution < 1.29 is 29.0 Å². The van der Waals surface area contributed by atoms with Gasteiger partial charge in [0, 0.05) is 19.1 Å². The summed E-state index contributed by atoms with van der Waals surface area (Å²) in [6.45, 7) is 3.34. The summed E-state index contributed by atoms with van der Waals surface area (Å²) in [5.41, 5.74) is 10.1. The Morgan fingerprint density at radius 2 is 1.89 bits per heavy atom. The van der Waals surface area contributed by atoms with Crippen LogP contribution in [0.25, 0.3) is 0 Å². The molecule has 0 spiro atoms. The first-order valence-corrected chi connectivity index (χ1v) is 12.0. The lowest BCUT2D eigenvalue weighted by Gasteiger charge is -2.28. The SMILES string of the molecule is Cc1cc(CNC(=O)c2cc(CN(CC(=O)O)C3CCc4c3ccc(C(=O)O)c4C)nc(N)n2)ccc1F. The van der Waals surface area contributed by atoms with E-state index in [0.29, 0.717) is 35.2 Å². The summed E-state index contributed by atoms with van der Waals surface area (Å²) in [6.07, 6.45) is 1.23. The van der Waals surface area contributed by atoms with E-state index in [0.717, 1.165) is 11.1 Å². The minimum absolute atomic E-state index is 0.0235. The van der Waals surface area contributed by atoms with Gasteiger partial charge < -0.3 is 21.3 Å². The van der Waals surface area contributed by atoms with Crippen LogP contribution in [0.3, 0.4) is 0 Å². The van der Waals surface area contributed by atoms with Gasteiger partial charge in [-0.25, -0.2) is 19.2 Å². The molecule has 1 unspecified atom stereocenters. The number of aromatic carboxylic acids is 1. The monoisotopic (exact) mass is 521 g/mol. The lowest BCUT2D eigenvalue weighted by molar-refractivity contribution is -0.139. The number of benzene rings is 2. The number of aryl methyl sites for hydroxylation is 1. The van der Waals surface area contributed by atoms with Crippen LogP contribution in [-0.2, 0) is 24.3 Å². The topological polar surface area (TPSA) is 159 Å². The fraction of sp³-hybridized carbons (Fsp3) is 0.296. The van der Waals surface area contributed by atoms with Crippen molar-refractivity contribution in [2.24, 2.45) is 0 Å². The van der Waals surface area contributed by atoms with Gasteiger partial charge >= 0.3 is 11.9 Å². The smallest absolute Gasteiger partial charge is 0.335 e. The largest absolute Gasteiger partial charge is 0.480 e. The Labute approximate surface area is 218 Å². The molecule has 1 heterocycles. The van der Waals surface area contributed by atoms with Crippen molar-refractivity contribution in [3.63, 3.8) is 0 Å². The quantitative estimate of drug-likeness (QED) is 0.332. The third-order valence-electron chi connectivity index (χ3n) is 6.74. The summed E-state index contributed by atoms with van der Waals surface area (Å²) in [7, 11) is 0. The lowest BCUT2D eigenvalue weighted by atomic mass is 9.97. The number of rotatable bonds is 9. The third-order valence-corrected chi connectivity index (χ3v) is 6.74. The molecule has 0 saturated heterocycles. The predicted octanol–water partition coefficient (Wildman–Crippen LogP) is 3.02. The molecule has 10 nitrogen and oxygen atoms in total. The Hall–Kier alpha value is -4.38. The van der Waals surface area contributed by atoms with Crippen molar-refractivity contribution in [1.82, 2.24) is 20.2 Å². The molecule has 38 heavy (non-hydrogen) atoms. The molecule has 0 bridgehead atoms. The first-order valence-electron chi connectivity index (χ1n) is 12.0. The number of hydrogen-bond donors (Lipinski definition) is 4. The van der Waals surface area contributed by atoms with E-state index in [1.54, 1.807) is 43.0 Å². The highest BCUT2D eigenvalue weighted by atomic mass is 19.1. The zero-order valence-corrected chi connectivity index (χ0v) is 21.0. The fourth-order valence-corrected chi connectivity index (χ4v) is 4.93. The Kier molecular flexibility index (Phi) is 7.67. The van der Waals surface area contributed by atoms with E-state index in [1.165, 1.54) is 12.1 Å². The van der Waals surface area contributed by atoms with Gasteiger partial charge in [-0.3, -0.25) is 14.5 Å². The van der Waals surface area contributed by atoms with Gasteiger partial charge in [0.05, 0.1) is 17.8 Å². The molecule has 11 heteroatoms. The van der Waals surface area contributed by atoms with Gasteiger partial charge in [-0.1, -0.05) is 18.2 Å². The zero-order valence-electron chi connectivity index (χ0n) is 21.0. The van der Waals surface area contributed by atoms with Crippen LogP contribution in [0.5, 0.6) is 0 Å². The maximum atomic E-state index is 13.5. The van der Waals surface area contributed by atoms with Crippen LogP contribution in [0.2, 0.25) is 0 Å². The van der Waals surface area contributed by atoms with Crippen LogP contribution in [0, 0.1) is 19.7 Å². The number of halogens is 1. The van der Waals surface area contributed by atoms with E-state index in [9.17, 15) is 29.0 Å². The number of nitrogens with two attached hydrogens (primary N) is 1. The van der Waals surface area contributed by atoms with Gasteiger partial charge in [0.1, 0.15) is 11.5 Å². The van der Waals surface area contributed by atoms with Crippen LogP contribution >= 0.6 is 0 Å². The van der Waals surface area contributed by atoms with E-state index < -0.39 is 17.8 Å². The minimum Gasteiger partial charge on any atom is -0.480 e. The molecule has 198 valence electrons. The van der Waals surface area contributed by atoms with Gasteiger partial charge in [0.2, 0.25) is 5.95 Å². The second kappa shape index (κ2) is 10.9. The number of nitrogens with zero attached hydrogens (tertiary/aromatic N) is 3. The molecule has 1 atom stereocenters. The van der Waals surface area contributed by atoms with E-state index in [4.69, 9.17) is 5.73 Å². The maximum Gasteiger partial charge on any atom is 0.335 e. The second-order valence-electron chi connectivity index (χ2n) is 9.33. The van der Waals surface area contributed by atoms with Crippen LogP contribution in [-0.4, -0.2) is 49.5 Å². The summed E-state index contributed by atoms with van der Waals surface area (Å²) >= 11 is 0. The molecule has 3 aromatic rings. The molecule has 1 aliphatic rings. The molecule has 4 rings (SSSR count). The number of nitrogens with one attached hydrogen (secondary N) is 1. The first-order chi connectivity index (χ1) is 18.0. The Bertz CT molecular complexity index is 1430. The highest BCUT2D eigenvalue weighted by molar-refractivity contribution is 5.92. The molecule has 5 N–H and O–H groups in total. The van der Waals surface area contributed by atoms with Crippen molar-refractivity contribution in [1.29, 1.82) is 0 Å². The van der Waals surface area contributed by atoms with Crippen LogP contribution in [0.1, 0.15) is 66.8 Å². The van der Waals surface area contributed by atoms with Gasteiger partial charge in [-0.2, -0.15) is 0 Å². The lowest BCUT2D eigenvalue weighted by Crippen LogP contribution is -2.33. The van der Waals surface area contributed by atoms with Crippen molar-refractivity contribution in [3.05, 3.63) is 87.0 Å². The van der Waals surface area contributed by atoms with Crippen molar-refractivity contribution in [3.8, 4) is 0 Å². The normalized spacial score (nSPS) is 14.4. The molecular weight excluding hydrogens is 493 g/mol. The number of carboxylic acid groups (broad SMARTS) is 2. The maximum absolute atomic E-state index is 13.5. The summed E-state index contributed by atoms with van der Waals surface area (Å²) in [6, 6.07) is 9.01. The molecule has 1 amide bonds. The number of amides is 1. The Morgan fingerprint density at radius 1 is 1.13 bits per heavy atom. The van der Waals surface area contributed by atoms with Crippen molar-refractivity contribution in [2.45, 2.75) is 45.8 Å². The molecule has 2 aromatic carbocycles. The van der Waals surface area contributed by atoms with Gasteiger partial charge in [0.25, 0.3) is 5.91 Å². The van der Waals surface area contributed by atoms with Crippen LogP contribution < -0.4 is 11.1 Å². The summed E-state index contributed by atoms with van der Waals surface area (Å²) in [5, 5.41) is 21.8. The third kappa shape index (κ3) is 5.78. The van der Waals surface area contributed by atoms with E-state index in [-0.39, 0.29) is 48.7 Å². The molecule has 0 aliphatic heterocycles. The van der Waals surface area contributed by atoms with Gasteiger partial charge in [-0.05, 0) is 72.7 Å². The molecule has 0 saturated carbocycles. The first kappa shape index (κ1) is 26.7. The van der Waals surface area contributed by atoms with E-state index in [1.807, 2.05) is 0 Å². The number of carbonyl (C=O) groups excluding carboxylic acids is 1. The van der Waals surface area contributed by atoms with Crippen molar-refractivity contribution >= 4 is 23.8 Å².